The smallest absolute Gasteiger partial charge is 0.317 e. The molecule has 0 aliphatic carbocycles. The third kappa shape index (κ3) is 4.14. The van der Waals surface area contributed by atoms with Gasteiger partial charge in [-0.2, -0.15) is 0 Å². The van der Waals surface area contributed by atoms with Crippen LogP contribution in [0.5, 0.6) is 0 Å². The monoisotopic (exact) mass is 255 g/mol. The molecule has 0 bridgehead atoms. The number of rotatable bonds is 3. The fraction of sp³-hybridized carbons (Fsp3) is 0.923. The van der Waals surface area contributed by atoms with Crippen LogP contribution in [0, 0.1) is 0 Å². The third-order valence-electron chi connectivity index (χ3n) is 3.65. The van der Waals surface area contributed by atoms with Gasteiger partial charge in [-0.3, -0.25) is 4.90 Å². The highest BCUT2D eigenvalue weighted by Crippen LogP contribution is 2.08. The lowest BCUT2D eigenvalue weighted by atomic mass is 10.1. The fourth-order valence-corrected chi connectivity index (χ4v) is 2.62. The summed E-state index contributed by atoms with van der Waals surface area (Å²) in [5, 5.41) is 3.10. The number of nitrogens with zero attached hydrogens (tertiary/aromatic N) is 2. The summed E-state index contributed by atoms with van der Waals surface area (Å²) in [5.41, 5.74) is 0. The van der Waals surface area contributed by atoms with Crippen molar-refractivity contribution in [3.05, 3.63) is 0 Å². The molecule has 2 heterocycles. The first-order chi connectivity index (χ1) is 8.75. The highest BCUT2D eigenvalue weighted by Gasteiger charge is 2.19. The van der Waals surface area contributed by atoms with E-state index in [1.54, 1.807) is 0 Å². The lowest BCUT2D eigenvalue weighted by Crippen LogP contribution is -2.50. The first-order valence-electron chi connectivity index (χ1n) is 7.11. The Kier molecular flexibility index (Phi) is 5.26. The molecule has 0 spiro atoms. The van der Waals surface area contributed by atoms with Crippen molar-refractivity contribution in [2.75, 3.05) is 45.9 Å². The number of nitrogens with one attached hydrogen (secondary N) is 1. The summed E-state index contributed by atoms with van der Waals surface area (Å²) < 4.78 is 5.32. The Bertz CT molecular complexity index is 261. The normalized spacial score (nSPS) is 23.7. The van der Waals surface area contributed by atoms with Crippen molar-refractivity contribution in [1.29, 1.82) is 0 Å². The maximum Gasteiger partial charge on any atom is 0.317 e. The molecule has 5 heteroatoms. The van der Waals surface area contributed by atoms with Gasteiger partial charge in [0, 0.05) is 38.8 Å². The van der Waals surface area contributed by atoms with Gasteiger partial charge in [-0.25, -0.2) is 4.79 Å². The van der Waals surface area contributed by atoms with Gasteiger partial charge in [0.1, 0.15) is 0 Å². The molecule has 2 aliphatic heterocycles. The maximum atomic E-state index is 12.0. The Morgan fingerprint density at radius 1 is 1.17 bits per heavy atom. The molecule has 5 nitrogen and oxygen atoms in total. The second kappa shape index (κ2) is 6.95. The van der Waals surface area contributed by atoms with Crippen molar-refractivity contribution in [3.63, 3.8) is 0 Å². The summed E-state index contributed by atoms with van der Waals surface area (Å²) >= 11 is 0. The number of piperidine rings is 1. The quantitative estimate of drug-likeness (QED) is 0.815. The molecule has 0 saturated carbocycles. The summed E-state index contributed by atoms with van der Waals surface area (Å²) in [5.74, 6) is 0. The van der Waals surface area contributed by atoms with Gasteiger partial charge in [0.15, 0.2) is 0 Å². The van der Waals surface area contributed by atoms with Gasteiger partial charge in [-0.15, -0.1) is 0 Å². The van der Waals surface area contributed by atoms with Gasteiger partial charge >= 0.3 is 6.03 Å². The second-order valence-corrected chi connectivity index (χ2v) is 5.31. The van der Waals surface area contributed by atoms with Crippen LogP contribution >= 0.6 is 0 Å². The van der Waals surface area contributed by atoms with Crippen LogP contribution in [-0.2, 0) is 4.74 Å². The molecule has 1 N–H and O–H groups in total. The summed E-state index contributed by atoms with van der Waals surface area (Å²) in [4.78, 5) is 16.3. The SMILES string of the molecule is CC(CN1CCOCC1)NC(=O)N1CCCCC1. The second-order valence-electron chi connectivity index (χ2n) is 5.31. The zero-order valence-electron chi connectivity index (χ0n) is 11.4. The number of hydrogen-bond donors (Lipinski definition) is 1. The molecular weight excluding hydrogens is 230 g/mol. The molecule has 2 rings (SSSR count). The van der Waals surface area contributed by atoms with Crippen molar-refractivity contribution in [2.45, 2.75) is 32.2 Å². The summed E-state index contributed by atoms with van der Waals surface area (Å²) in [6.07, 6.45) is 3.55. The van der Waals surface area contributed by atoms with Crippen molar-refractivity contribution < 1.29 is 9.53 Å². The first-order valence-corrected chi connectivity index (χ1v) is 7.11. The number of likely N-dealkylation sites (tertiary alicyclic amines) is 1. The van der Waals surface area contributed by atoms with Gasteiger partial charge in [-0.05, 0) is 26.2 Å². The standard InChI is InChI=1S/C13H25N3O2/c1-12(11-15-7-9-18-10-8-15)14-13(17)16-5-3-2-4-6-16/h12H,2-11H2,1H3,(H,14,17). The van der Waals surface area contributed by atoms with E-state index in [1.165, 1.54) is 6.42 Å². The van der Waals surface area contributed by atoms with Crippen LogP contribution in [0.2, 0.25) is 0 Å². The predicted molar refractivity (Wildman–Crippen MR) is 70.7 cm³/mol. The van der Waals surface area contributed by atoms with E-state index in [1.807, 2.05) is 4.90 Å². The summed E-state index contributed by atoms with van der Waals surface area (Å²) in [6.45, 7) is 8.40. The third-order valence-corrected chi connectivity index (χ3v) is 3.65. The van der Waals surface area contributed by atoms with E-state index in [4.69, 9.17) is 4.74 Å². The van der Waals surface area contributed by atoms with Gasteiger partial charge in [0.05, 0.1) is 13.2 Å². The van der Waals surface area contributed by atoms with Crippen LogP contribution in [-0.4, -0.2) is 67.8 Å². The van der Waals surface area contributed by atoms with Crippen molar-refractivity contribution in [3.8, 4) is 0 Å². The summed E-state index contributed by atoms with van der Waals surface area (Å²) in [7, 11) is 0. The Morgan fingerprint density at radius 2 is 1.83 bits per heavy atom. The van der Waals surface area contributed by atoms with Crippen LogP contribution < -0.4 is 5.32 Å². The van der Waals surface area contributed by atoms with E-state index in [-0.39, 0.29) is 12.1 Å². The van der Waals surface area contributed by atoms with E-state index < -0.39 is 0 Å². The molecule has 1 atom stereocenters. The van der Waals surface area contributed by atoms with Crippen molar-refractivity contribution in [1.82, 2.24) is 15.1 Å². The first kappa shape index (κ1) is 13.6. The molecular formula is C13H25N3O2. The maximum absolute atomic E-state index is 12.0. The number of amides is 2. The largest absolute Gasteiger partial charge is 0.379 e. The molecule has 1 unspecified atom stereocenters. The van der Waals surface area contributed by atoms with Crippen LogP contribution in [0.15, 0.2) is 0 Å². The average molecular weight is 255 g/mol. The number of urea groups is 1. The van der Waals surface area contributed by atoms with E-state index in [9.17, 15) is 4.79 Å². The molecule has 18 heavy (non-hydrogen) atoms. The van der Waals surface area contributed by atoms with E-state index in [2.05, 4.69) is 17.1 Å². The van der Waals surface area contributed by atoms with Crippen molar-refractivity contribution in [2.24, 2.45) is 0 Å². The molecule has 0 aromatic heterocycles. The van der Waals surface area contributed by atoms with Gasteiger partial charge < -0.3 is 15.0 Å². The van der Waals surface area contributed by atoms with Crippen LogP contribution in [0.1, 0.15) is 26.2 Å². The number of carbonyl (C=O) groups is 1. The number of ether oxygens (including phenoxy) is 1. The lowest BCUT2D eigenvalue weighted by Gasteiger charge is -2.32. The Hall–Kier alpha value is -0.810. The highest BCUT2D eigenvalue weighted by atomic mass is 16.5. The van der Waals surface area contributed by atoms with E-state index in [0.29, 0.717) is 0 Å². The molecule has 2 saturated heterocycles. The Morgan fingerprint density at radius 3 is 2.50 bits per heavy atom. The van der Waals surface area contributed by atoms with Crippen LogP contribution in [0.4, 0.5) is 4.79 Å². The van der Waals surface area contributed by atoms with Crippen LogP contribution in [0.3, 0.4) is 0 Å². The van der Waals surface area contributed by atoms with Gasteiger partial charge in [-0.1, -0.05) is 0 Å². The van der Waals surface area contributed by atoms with E-state index >= 15 is 0 Å². The van der Waals surface area contributed by atoms with Gasteiger partial charge in [0.25, 0.3) is 0 Å². The zero-order valence-corrected chi connectivity index (χ0v) is 11.4. The molecule has 2 aliphatic rings. The highest BCUT2D eigenvalue weighted by molar-refractivity contribution is 5.74. The van der Waals surface area contributed by atoms with Crippen LogP contribution in [0.25, 0.3) is 0 Å². The predicted octanol–water partition coefficient (Wildman–Crippen LogP) is 0.903. The number of hydrogen-bond acceptors (Lipinski definition) is 3. The molecule has 0 radical (unpaired) electrons. The minimum Gasteiger partial charge on any atom is -0.379 e. The van der Waals surface area contributed by atoms with Crippen molar-refractivity contribution >= 4 is 6.03 Å². The number of morpholine rings is 1. The zero-order chi connectivity index (χ0) is 12.8. The fourth-order valence-electron chi connectivity index (χ4n) is 2.62. The average Bonchev–Trinajstić information content (AvgIpc) is 2.40. The minimum atomic E-state index is 0.107. The topological polar surface area (TPSA) is 44.8 Å². The molecule has 2 fully saturated rings. The molecule has 0 aromatic carbocycles. The summed E-state index contributed by atoms with van der Waals surface area (Å²) in [6, 6.07) is 0.313. The van der Waals surface area contributed by atoms with Gasteiger partial charge in [0.2, 0.25) is 0 Å². The Balaban J connectivity index is 1.68. The molecule has 104 valence electrons. The van der Waals surface area contributed by atoms with E-state index in [0.717, 1.165) is 58.8 Å². The minimum absolute atomic E-state index is 0.107. The Labute approximate surface area is 109 Å². The lowest BCUT2D eigenvalue weighted by molar-refractivity contribution is 0.0346. The number of carbonyl (C=O) groups excluding carboxylic acids is 1. The molecule has 2 amide bonds. The molecule has 0 aromatic rings.